The molecule has 4 nitrogen and oxygen atoms in total. The van der Waals surface area contributed by atoms with Gasteiger partial charge in [-0.2, -0.15) is 0 Å². The number of hydrogen-bond acceptors (Lipinski definition) is 3. The van der Waals surface area contributed by atoms with Crippen LogP contribution in [0.3, 0.4) is 0 Å². The van der Waals surface area contributed by atoms with Gasteiger partial charge >= 0.3 is 0 Å². The Hall–Kier alpha value is -2.72. The summed E-state index contributed by atoms with van der Waals surface area (Å²) in [7, 11) is 0. The van der Waals surface area contributed by atoms with Crippen LogP contribution in [0.4, 0.5) is 0 Å². The standard InChI is InChI=1S/C18H13ClN4/c1-2-16-21-22-17-11-20-18(12-6-4-3-5-7-12)14-10-13(19)8-9-15(14)23(16)17/h2-10H,1,11H2. The van der Waals surface area contributed by atoms with Crippen molar-refractivity contribution in [3.05, 3.63) is 82.9 Å². The third kappa shape index (κ3) is 2.28. The maximum atomic E-state index is 6.24. The van der Waals surface area contributed by atoms with Gasteiger partial charge in [0.1, 0.15) is 6.54 Å². The van der Waals surface area contributed by atoms with E-state index in [4.69, 9.17) is 16.6 Å². The summed E-state index contributed by atoms with van der Waals surface area (Å²) in [5, 5.41) is 9.08. The molecule has 0 spiro atoms. The van der Waals surface area contributed by atoms with Crippen molar-refractivity contribution in [2.75, 3.05) is 0 Å². The third-order valence-corrected chi connectivity index (χ3v) is 4.05. The molecule has 0 radical (unpaired) electrons. The first-order chi connectivity index (χ1) is 11.3. The summed E-state index contributed by atoms with van der Waals surface area (Å²) >= 11 is 6.24. The second-order valence-corrected chi connectivity index (χ2v) is 5.64. The Kier molecular flexibility index (Phi) is 3.32. The van der Waals surface area contributed by atoms with Crippen molar-refractivity contribution in [3.63, 3.8) is 0 Å². The predicted molar refractivity (Wildman–Crippen MR) is 92.2 cm³/mol. The van der Waals surface area contributed by atoms with Gasteiger partial charge in [-0.25, -0.2) is 0 Å². The van der Waals surface area contributed by atoms with E-state index in [2.05, 4.69) is 16.8 Å². The number of hydrogen-bond donors (Lipinski definition) is 0. The Morgan fingerprint density at radius 1 is 1.09 bits per heavy atom. The minimum atomic E-state index is 0.456. The Labute approximate surface area is 138 Å². The van der Waals surface area contributed by atoms with Gasteiger partial charge in [0.25, 0.3) is 0 Å². The van der Waals surface area contributed by atoms with Crippen molar-refractivity contribution in [3.8, 4) is 5.69 Å². The molecular formula is C18H13ClN4. The summed E-state index contributed by atoms with van der Waals surface area (Å²) in [6.07, 6.45) is 1.70. The fourth-order valence-corrected chi connectivity index (χ4v) is 2.97. The Balaban J connectivity index is 2.02. The second-order valence-electron chi connectivity index (χ2n) is 5.21. The van der Waals surface area contributed by atoms with Crippen LogP contribution in [0.2, 0.25) is 5.02 Å². The number of aromatic nitrogens is 3. The normalized spacial score (nSPS) is 12.8. The average molecular weight is 321 g/mol. The minimum Gasteiger partial charge on any atom is -0.277 e. The van der Waals surface area contributed by atoms with Gasteiger partial charge in [0.2, 0.25) is 0 Å². The van der Waals surface area contributed by atoms with Gasteiger partial charge in [0.15, 0.2) is 11.6 Å². The lowest BCUT2D eigenvalue weighted by molar-refractivity contribution is 0.869. The van der Waals surface area contributed by atoms with Gasteiger partial charge in [-0.3, -0.25) is 9.56 Å². The number of aliphatic imine (C=N–C) groups is 1. The van der Waals surface area contributed by atoms with E-state index < -0.39 is 0 Å². The zero-order valence-electron chi connectivity index (χ0n) is 12.3. The third-order valence-electron chi connectivity index (χ3n) is 3.82. The highest BCUT2D eigenvalue weighted by atomic mass is 35.5. The maximum absolute atomic E-state index is 6.24. The molecule has 4 rings (SSSR count). The molecule has 0 saturated carbocycles. The molecule has 0 fully saturated rings. The van der Waals surface area contributed by atoms with Gasteiger partial charge in [-0.05, 0) is 24.3 Å². The van der Waals surface area contributed by atoms with Crippen LogP contribution in [0.5, 0.6) is 0 Å². The quantitative estimate of drug-likeness (QED) is 0.718. The first-order valence-electron chi connectivity index (χ1n) is 7.25. The molecule has 0 bridgehead atoms. The fourth-order valence-electron chi connectivity index (χ4n) is 2.80. The van der Waals surface area contributed by atoms with Crippen LogP contribution >= 0.6 is 11.6 Å². The zero-order chi connectivity index (χ0) is 15.8. The predicted octanol–water partition coefficient (Wildman–Crippen LogP) is 3.91. The molecule has 23 heavy (non-hydrogen) atoms. The molecule has 0 amide bonds. The smallest absolute Gasteiger partial charge is 0.160 e. The van der Waals surface area contributed by atoms with Crippen LogP contribution in [-0.2, 0) is 6.54 Å². The largest absolute Gasteiger partial charge is 0.277 e. The van der Waals surface area contributed by atoms with E-state index in [0.717, 1.165) is 28.4 Å². The van der Waals surface area contributed by atoms with Crippen molar-refractivity contribution in [1.29, 1.82) is 0 Å². The van der Waals surface area contributed by atoms with Crippen LogP contribution in [-0.4, -0.2) is 20.5 Å². The van der Waals surface area contributed by atoms with E-state index >= 15 is 0 Å². The lowest BCUT2D eigenvalue weighted by Gasteiger charge is -2.13. The highest BCUT2D eigenvalue weighted by molar-refractivity contribution is 6.31. The van der Waals surface area contributed by atoms with E-state index in [1.54, 1.807) is 6.08 Å². The van der Waals surface area contributed by atoms with Gasteiger partial charge in [0.05, 0.1) is 11.4 Å². The highest BCUT2D eigenvalue weighted by Crippen LogP contribution is 2.28. The number of halogens is 1. The monoisotopic (exact) mass is 320 g/mol. The molecular weight excluding hydrogens is 308 g/mol. The maximum Gasteiger partial charge on any atom is 0.160 e. The molecule has 0 atom stereocenters. The first kappa shape index (κ1) is 13.9. The molecule has 0 saturated heterocycles. The van der Waals surface area contributed by atoms with E-state index in [-0.39, 0.29) is 0 Å². The summed E-state index contributed by atoms with van der Waals surface area (Å²) in [6, 6.07) is 15.9. The highest BCUT2D eigenvalue weighted by Gasteiger charge is 2.22. The van der Waals surface area contributed by atoms with Crippen molar-refractivity contribution < 1.29 is 0 Å². The second kappa shape index (κ2) is 5.48. The molecule has 1 aliphatic heterocycles. The molecule has 2 heterocycles. The molecule has 3 aromatic rings. The molecule has 1 aliphatic rings. The number of nitrogens with zero attached hydrogens (tertiary/aromatic N) is 4. The Morgan fingerprint density at radius 3 is 2.70 bits per heavy atom. The van der Waals surface area contributed by atoms with Crippen molar-refractivity contribution in [2.24, 2.45) is 4.99 Å². The van der Waals surface area contributed by atoms with Gasteiger partial charge in [-0.1, -0.05) is 48.5 Å². The van der Waals surface area contributed by atoms with Crippen molar-refractivity contribution in [2.45, 2.75) is 6.54 Å². The first-order valence-corrected chi connectivity index (χ1v) is 7.62. The topological polar surface area (TPSA) is 43.1 Å². The average Bonchev–Trinajstić information content (AvgIpc) is 2.92. The summed E-state index contributed by atoms with van der Waals surface area (Å²) in [6.45, 7) is 4.28. The molecule has 1 aromatic heterocycles. The van der Waals surface area contributed by atoms with Crippen LogP contribution < -0.4 is 0 Å². The Bertz CT molecular complexity index is 925. The lowest BCUT2D eigenvalue weighted by atomic mass is 10.0. The number of fused-ring (bicyclic) bond motifs is 3. The van der Waals surface area contributed by atoms with Crippen molar-refractivity contribution in [1.82, 2.24) is 14.8 Å². The summed E-state index contributed by atoms with van der Waals surface area (Å²) in [5.74, 6) is 1.49. The molecule has 5 heteroatoms. The summed E-state index contributed by atoms with van der Waals surface area (Å²) < 4.78 is 1.98. The minimum absolute atomic E-state index is 0.456. The van der Waals surface area contributed by atoms with Crippen LogP contribution in [0, 0.1) is 0 Å². The van der Waals surface area contributed by atoms with E-state index in [1.807, 2.05) is 53.1 Å². The van der Waals surface area contributed by atoms with E-state index in [1.165, 1.54) is 0 Å². The van der Waals surface area contributed by atoms with E-state index in [9.17, 15) is 0 Å². The van der Waals surface area contributed by atoms with E-state index in [0.29, 0.717) is 17.4 Å². The SMILES string of the molecule is C=Cc1nnc2n1-c1ccc(Cl)cc1C(c1ccccc1)=NC2. The Morgan fingerprint density at radius 2 is 1.91 bits per heavy atom. The molecule has 112 valence electrons. The molecule has 0 unspecified atom stereocenters. The zero-order valence-corrected chi connectivity index (χ0v) is 13.0. The number of benzene rings is 2. The van der Waals surface area contributed by atoms with Crippen LogP contribution in [0.1, 0.15) is 22.8 Å². The van der Waals surface area contributed by atoms with Crippen molar-refractivity contribution >= 4 is 23.4 Å². The fraction of sp³-hybridized carbons (Fsp3) is 0.0556. The molecule has 0 aliphatic carbocycles. The van der Waals surface area contributed by atoms with Gasteiger partial charge in [0, 0.05) is 16.1 Å². The van der Waals surface area contributed by atoms with Gasteiger partial charge in [-0.15, -0.1) is 10.2 Å². The van der Waals surface area contributed by atoms with Crippen LogP contribution in [0.15, 0.2) is 60.1 Å². The lowest BCUT2D eigenvalue weighted by Crippen LogP contribution is -2.08. The molecule has 2 aromatic carbocycles. The summed E-state index contributed by atoms with van der Waals surface area (Å²) in [4.78, 5) is 4.77. The van der Waals surface area contributed by atoms with Crippen LogP contribution in [0.25, 0.3) is 11.8 Å². The summed E-state index contributed by atoms with van der Waals surface area (Å²) in [5.41, 5.74) is 3.88. The number of rotatable bonds is 2. The molecule has 0 N–H and O–H groups in total. The van der Waals surface area contributed by atoms with Gasteiger partial charge < -0.3 is 0 Å².